The minimum Gasteiger partial charge on any atom is -0.296 e. The van der Waals surface area contributed by atoms with E-state index in [1.54, 1.807) is 0 Å². The lowest BCUT2D eigenvalue weighted by Gasteiger charge is -2.02. The van der Waals surface area contributed by atoms with Gasteiger partial charge in [0.1, 0.15) is 0 Å². The fourth-order valence-electron chi connectivity index (χ4n) is 0.313. The van der Waals surface area contributed by atoms with Crippen LogP contribution in [0.4, 0.5) is 0 Å². The Kier molecular flexibility index (Phi) is 3.76. The van der Waals surface area contributed by atoms with Crippen LogP contribution in [0.3, 0.4) is 0 Å². The van der Waals surface area contributed by atoms with Crippen LogP contribution < -0.4 is 0 Å². The van der Waals surface area contributed by atoms with Crippen molar-refractivity contribution in [2.45, 2.75) is 5.38 Å². The highest BCUT2D eigenvalue weighted by Gasteiger charge is 2.14. The third kappa shape index (κ3) is 2.21. The number of hydrogen-bond donors (Lipinski definition) is 1. The molecule has 0 aromatic carbocycles. The van der Waals surface area contributed by atoms with Crippen LogP contribution in [0.5, 0.6) is 0 Å². The quantitative estimate of drug-likeness (QED) is 0.224. The first-order valence-corrected chi connectivity index (χ1v) is 2.88. The number of carbonyl (C=O) groups is 1. The molecule has 0 aliphatic rings. The zero-order valence-electron chi connectivity index (χ0n) is 5.21. The van der Waals surface area contributed by atoms with Crippen molar-refractivity contribution in [1.82, 2.24) is 0 Å². The second-order valence-corrected chi connectivity index (χ2v) is 2.01. The predicted molar refractivity (Wildman–Crippen MR) is 37.7 cm³/mol. The average Bonchev–Trinajstić information content (AvgIpc) is 2.00. The van der Waals surface area contributed by atoms with Crippen molar-refractivity contribution in [3.8, 4) is 0 Å². The number of allylic oxidation sites excluding steroid dienone is 1. The summed E-state index contributed by atoms with van der Waals surface area (Å²) in [5.74, 6) is -0.945. The van der Waals surface area contributed by atoms with Crippen LogP contribution in [-0.4, -0.2) is 16.6 Å². The van der Waals surface area contributed by atoms with Gasteiger partial charge in [-0.3, -0.25) is 4.89 Å². The summed E-state index contributed by atoms with van der Waals surface area (Å²) in [4.78, 5) is 13.8. The molecule has 0 bridgehead atoms. The average molecular weight is 163 g/mol. The van der Waals surface area contributed by atoms with Crippen LogP contribution in [0.2, 0.25) is 0 Å². The van der Waals surface area contributed by atoms with Crippen molar-refractivity contribution in [3.63, 3.8) is 0 Å². The third-order valence-corrected chi connectivity index (χ3v) is 1.33. The molecule has 0 amide bonds. The Morgan fingerprint density at radius 1 is 1.80 bits per heavy atom. The Bertz CT molecular complexity index is 164. The first kappa shape index (κ1) is 9.20. The van der Waals surface area contributed by atoms with Gasteiger partial charge in [0, 0.05) is 0 Å². The van der Waals surface area contributed by atoms with E-state index in [0.717, 1.165) is 0 Å². The van der Waals surface area contributed by atoms with Crippen LogP contribution in [0.25, 0.3) is 0 Å². The largest absolute Gasteiger partial charge is 0.370 e. The maximum absolute atomic E-state index is 10.4. The molecule has 1 N–H and O–H groups in total. The standard InChI is InChI=1S/C6H7ClO3/c1-3-5(7)4(2)6(8)10-9/h3,5,9H,1-2H2. The highest BCUT2D eigenvalue weighted by atomic mass is 35.5. The van der Waals surface area contributed by atoms with Gasteiger partial charge in [-0.25, -0.2) is 4.79 Å². The molecule has 0 aliphatic heterocycles. The van der Waals surface area contributed by atoms with Crippen molar-refractivity contribution < 1.29 is 14.9 Å². The lowest BCUT2D eigenvalue weighted by molar-refractivity contribution is -0.229. The monoisotopic (exact) mass is 162 g/mol. The summed E-state index contributed by atoms with van der Waals surface area (Å²) >= 11 is 5.46. The zero-order valence-corrected chi connectivity index (χ0v) is 5.97. The van der Waals surface area contributed by atoms with Gasteiger partial charge in [0.05, 0.1) is 11.0 Å². The van der Waals surface area contributed by atoms with Crippen molar-refractivity contribution in [1.29, 1.82) is 0 Å². The number of hydrogen-bond acceptors (Lipinski definition) is 3. The molecule has 0 fully saturated rings. The van der Waals surface area contributed by atoms with Crippen LogP contribution in [0.15, 0.2) is 24.8 Å². The number of halogens is 1. The Labute approximate surface area is 63.5 Å². The zero-order chi connectivity index (χ0) is 8.15. The van der Waals surface area contributed by atoms with E-state index in [0.29, 0.717) is 0 Å². The second kappa shape index (κ2) is 4.09. The first-order chi connectivity index (χ1) is 4.63. The maximum Gasteiger partial charge on any atom is 0.370 e. The molecule has 0 aromatic rings. The molecular formula is C6H7ClO3. The molecule has 3 nitrogen and oxygen atoms in total. The Morgan fingerprint density at radius 2 is 2.30 bits per heavy atom. The van der Waals surface area contributed by atoms with E-state index in [1.807, 2.05) is 0 Å². The first-order valence-electron chi connectivity index (χ1n) is 2.44. The summed E-state index contributed by atoms with van der Waals surface area (Å²) in [5.41, 5.74) is -0.0424. The number of rotatable bonds is 3. The van der Waals surface area contributed by atoms with E-state index in [2.05, 4.69) is 18.0 Å². The Balaban J connectivity index is 4.07. The minimum atomic E-state index is -0.945. The molecule has 4 heteroatoms. The Hall–Kier alpha value is -0.800. The maximum atomic E-state index is 10.4. The van der Waals surface area contributed by atoms with Gasteiger partial charge in [-0.1, -0.05) is 12.7 Å². The van der Waals surface area contributed by atoms with Crippen molar-refractivity contribution in [2.24, 2.45) is 0 Å². The van der Waals surface area contributed by atoms with Gasteiger partial charge in [0.25, 0.3) is 0 Å². The molecule has 0 rings (SSSR count). The number of carbonyl (C=O) groups excluding carboxylic acids is 1. The highest BCUT2D eigenvalue weighted by molar-refractivity contribution is 6.26. The van der Waals surface area contributed by atoms with Crippen molar-refractivity contribution in [3.05, 3.63) is 24.8 Å². The third-order valence-electron chi connectivity index (χ3n) is 0.885. The van der Waals surface area contributed by atoms with Crippen molar-refractivity contribution >= 4 is 17.6 Å². The molecule has 0 aliphatic carbocycles. The lowest BCUT2D eigenvalue weighted by atomic mass is 10.2. The van der Waals surface area contributed by atoms with Crippen LogP contribution in [0, 0.1) is 0 Å². The van der Waals surface area contributed by atoms with Gasteiger partial charge in [0.2, 0.25) is 0 Å². The molecule has 1 atom stereocenters. The molecule has 0 spiro atoms. The summed E-state index contributed by atoms with van der Waals surface area (Å²) in [6.07, 6.45) is 1.31. The van der Waals surface area contributed by atoms with Gasteiger partial charge in [-0.15, -0.1) is 18.2 Å². The van der Waals surface area contributed by atoms with Gasteiger partial charge in [-0.2, -0.15) is 5.26 Å². The van der Waals surface area contributed by atoms with Crippen molar-refractivity contribution in [2.75, 3.05) is 0 Å². The summed E-state index contributed by atoms with van der Waals surface area (Å²) < 4.78 is 0. The molecule has 0 radical (unpaired) electrons. The Morgan fingerprint density at radius 3 is 2.60 bits per heavy atom. The normalized spacial score (nSPS) is 11.8. The van der Waals surface area contributed by atoms with E-state index < -0.39 is 11.3 Å². The molecule has 0 saturated carbocycles. The van der Waals surface area contributed by atoms with E-state index in [1.165, 1.54) is 6.08 Å². The van der Waals surface area contributed by atoms with Gasteiger partial charge in [0.15, 0.2) is 0 Å². The summed E-state index contributed by atoms with van der Waals surface area (Å²) in [6, 6.07) is 0. The molecule has 1 unspecified atom stereocenters. The lowest BCUT2D eigenvalue weighted by Crippen LogP contribution is -2.11. The van der Waals surface area contributed by atoms with E-state index >= 15 is 0 Å². The fourth-order valence-corrected chi connectivity index (χ4v) is 0.403. The smallest absolute Gasteiger partial charge is 0.296 e. The molecule has 0 saturated heterocycles. The van der Waals surface area contributed by atoms with Gasteiger partial charge in [-0.05, 0) is 0 Å². The van der Waals surface area contributed by atoms with Gasteiger partial charge < -0.3 is 0 Å². The minimum absolute atomic E-state index is 0.0424. The molecule has 0 aromatic heterocycles. The summed E-state index contributed by atoms with van der Waals surface area (Å²) in [7, 11) is 0. The van der Waals surface area contributed by atoms with Crippen LogP contribution in [0.1, 0.15) is 0 Å². The summed E-state index contributed by atoms with van der Waals surface area (Å²) in [5, 5.41) is 7.15. The fraction of sp³-hybridized carbons (Fsp3) is 0.167. The number of alkyl halides is 1. The molecule has 10 heavy (non-hydrogen) atoms. The SMILES string of the molecule is C=CC(Cl)C(=C)C(=O)OO. The predicted octanol–water partition coefficient (Wildman–Crippen LogP) is 1.35. The second-order valence-electron chi connectivity index (χ2n) is 1.54. The van der Waals surface area contributed by atoms with Crippen LogP contribution >= 0.6 is 11.6 Å². The van der Waals surface area contributed by atoms with E-state index in [9.17, 15) is 4.79 Å². The highest BCUT2D eigenvalue weighted by Crippen LogP contribution is 2.09. The van der Waals surface area contributed by atoms with E-state index in [4.69, 9.17) is 16.9 Å². The van der Waals surface area contributed by atoms with E-state index in [-0.39, 0.29) is 5.57 Å². The molecule has 56 valence electrons. The molecular weight excluding hydrogens is 156 g/mol. The van der Waals surface area contributed by atoms with Gasteiger partial charge >= 0.3 is 5.97 Å². The molecule has 0 heterocycles. The summed E-state index contributed by atoms with van der Waals surface area (Å²) in [6.45, 7) is 6.57. The van der Waals surface area contributed by atoms with Crippen LogP contribution in [-0.2, 0) is 9.68 Å². The topological polar surface area (TPSA) is 46.5 Å².